The predicted octanol–water partition coefficient (Wildman–Crippen LogP) is 4.78. The molecule has 2 aromatic heterocycles. The highest BCUT2D eigenvalue weighted by molar-refractivity contribution is 6.32. The summed E-state index contributed by atoms with van der Waals surface area (Å²) >= 11 is 6.61. The first kappa shape index (κ1) is 22.3. The van der Waals surface area contributed by atoms with Gasteiger partial charge in [0, 0.05) is 60.4 Å². The highest BCUT2D eigenvalue weighted by Gasteiger charge is 2.20. The van der Waals surface area contributed by atoms with Crippen LogP contribution >= 0.6 is 11.6 Å². The molecule has 0 unspecified atom stereocenters. The van der Waals surface area contributed by atoms with E-state index >= 15 is 0 Å². The number of carbonyl (C=O) groups is 1. The summed E-state index contributed by atoms with van der Waals surface area (Å²) in [5.41, 5.74) is 3.59. The average molecular weight is 481 g/mol. The van der Waals surface area contributed by atoms with E-state index in [0.29, 0.717) is 37.0 Å². The van der Waals surface area contributed by atoms with Crippen molar-refractivity contribution in [3.63, 3.8) is 0 Å². The largest absolute Gasteiger partial charge is 0.490 e. The van der Waals surface area contributed by atoms with Crippen molar-refractivity contribution < 1.29 is 18.7 Å². The smallest absolute Gasteiger partial charge is 0.376 e. The Bertz CT molecular complexity index is 1360. The van der Waals surface area contributed by atoms with Crippen molar-refractivity contribution in [2.45, 2.75) is 20.0 Å². The van der Waals surface area contributed by atoms with Gasteiger partial charge in [-0.3, -0.25) is 4.90 Å². The van der Waals surface area contributed by atoms with Crippen molar-refractivity contribution in [2.24, 2.45) is 0 Å². The van der Waals surface area contributed by atoms with Gasteiger partial charge in [-0.2, -0.15) is 0 Å². The fraction of sp³-hybridized carbons (Fsp3) is 0.240. The van der Waals surface area contributed by atoms with Gasteiger partial charge in [-0.15, -0.1) is 0 Å². The maximum absolute atomic E-state index is 13.6. The molecule has 0 bridgehead atoms. The Morgan fingerprint density at radius 1 is 1.21 bits per heavy atom. The maximum atomic E-state index is 13.6. The second-order valence-corrected chi connectivity index (χ2v) is 8.41. The number of halogens is 2. The van der Waals surface area contributed by atoms with E-state index < -0.39 is 5.97 Å². The molecule has 0 saturated heterocycles. The number of fused-ring (bicyclic) bond motifs is 2. The Balaban J connectivity index is 1.40. The number of aromatic nitrogens is 3. The van der Waals surface area contributed by atoms with Gasteiger partial charge in [0.05, 0.1) is 17.1 Å². The van der Waals surface area contributed by atoms with Gasteiger partial charge >= 0.3 is 5.97 Å². The van der Waals surface area contributed by atoms with Gasteiger partial charge in [-0.1, -0.05) is 11.6 Å². The first-order chi connectivity index (χ1) is 16.5. The van der Waals surface area contributed by atoms with Crippen molar-refractivity contribution in [3.8, 4) is 11.4 Å². The minimum atomic E-state index is -0.534. The molecule has 1 aliphatic rings. The molecule has 0 radical (unpaired) electrons. The summed E-state index contributed by atoms with van der Waals surface area (Å²) < 4.78 is 26.5. The van der Waals surface area contributed by atoms with E-state index in [4.69, 9.17) is 21.1 Å². The third-order valence-electron chi connectivity index (χ3n) is 5.65. The molecule has 3 heterocycles. The molecule has 0 N–H and O–H groups in total. The summed E-state index contributed by atoms with van der Waals surface area (Å²) in [7, 11) is 0. The maximum Gasteiger partial charge on any atom is 0.376 e. The molecule has 0 saturated carbocycles. The lowest BCUT2D eigenvalue weighted by molar-refractivity contribution is 0.0511. The third kappa shape index (κ3) is 4.47. The molecule has 0 aliphatic carbocycles. The molecule has 7 nitrogen and oxygen atoms in total. The fourth-order valence-corrected chi connectivity index (χ4v) is 4.41. The Morgan fingerprint density at radius 2 is 2.03 bits per heavy atom. The lowest BCUT2D eigenvalue weighted by Crippen LogP contribution is -2.25. The van der Waals surface area contributed by atoms with E-state index in [0.717, 1.165) is 27.7 Å². The molecule has 0 spiro atoms. The van der Waals surface area contributed by atoms with E-state index in [1.54, 1.807) is 25.4 Å². The molecule has 9 heteroatoms. The van der Waals surface area contributed by atoms with Crippen LogP contribution in [0, 0.1) is 5.82 Å². The zero-order valence-corrected chi connectivity index (χ0v) is 19.3. The zero-order chi connectivity index (χ0) is 23.7. The number of rotatable bonds is 5. The molecule has 1 aliphatic heterocycles. The normalized spacial score (nSPS) is 13.9. The van der Waals surface area contributed by atoms with Crippen LogP contribution < -0.4 is 4.74 Å². The first-order valence-corrected chi connectivity index (χ1v) is 11.3. The van der Waals surface area contributed by atoms with Crippen LogP contribution in [0.25, 0.3) is 16.6 Å². The number of esters is 1. The second kappa shape index (κ2) is 9.40. The van der Waals surface area contributed by atoms with Crippen molar-refractivity contribution in [1.82, 2.24) is 19.4 Å². The summed E-state index contributed by atoms with van der Waals surface area (Å²) in [5.74, 6) is -0.0863. The predicted molar refractivity (Wildman–Crippen MR) is 126 cm³/mol. The van der Waals surface area contributed by atoms with E-state index in [1.165, 1.54) is 12.1 Å². The summed E-state index contributed by atoms with van der Waals surface area (Å²) in [4.78, 5) is 22.3. The van der Waals surface area contributed by atoms with Crippen LogP contribution in [-0.2, 0) is 17.8 Å². The Kier molecular flexibility index (Phi) is 6.17. The molecule has 34 heavy (non-hydrogen) atoms. The number of nitrogens with zero attached hydrogens (tertiary/aromatic N) is 4. The highest BCUT2D eigenvalue weighted by atomic mass is 35.5. The quantitative estimate of drug-likeness (QED) is 0.383. The molecule has 4 aromatic rings. The van der Waals surface area contributed by atoms with E-state index in [9.17, 15) is 9.18 Å². The van der Waals surface area contributed by atoms with Crippen molar-refractivity contribution in [2.75, 3.05) is 19.8 Å². The SMILES string of the molecule is CCOC(=O)c1ncc(CN2CCOc3c(Cl)cc(-n4ccc5cc(F)ccc54)cc3C2)cn1. The second-order valence-electron chi connectivity index (χ2n) is 8.00. The Morgan fingerprint density at radius 3 is 2.82 bits per heavy atom. The first-order valence-electron chi connectivity index (χ1n) is 10.9. The number of benzene rings is 2. The minimum absolute atomic E-state index is 0.0467. The van der Waals surface area contributed by atoms with Gasteiger partial charge in [0.1, 0.15) is 18.2 Å². The van der Waals surface area contributed by atoms with Gasteiger partial charge in [0.2, 0.25) is 5.82 Å². The highest BCUT2D eigenvalue weighted by Crippen LogP contribution is 2.35. The molecule has 174 valence electrons. The third-order valence-corrected chi connectivity index (χ3v) is 5.93. The topological polar surface area (TPSA) is 69.5 Å². The molecular formula is C25H22ClFN4O3. The minimum Gasteiger partial charge on any atom is -0.490 e. The van der Waals surface area contributed by atoms with Crippen LogP contribution in [0.1, 0.15) is 28.7 Å². The van der Waals surface area contributed by atoms with Gasteiger partial charge in [-0.25, -0.2) is 19.2 Å². The van der Waals surface area contributed by atoms with Crippen LogP contribution in [0.4, 0.5) is 4.39 Å². The molecular weight excluding hydrogens is 459 g/mol. The monoisotopic (exact) mass is 480 g/mol. The molecule has 0 fully saturated rings. The lowest BCUT2D eigenvalue weighted by atomic mass is 10.1. The van der Waals surface area contributed by atoms with E-state index in [2.05, 4.69) is 14.9 Å². The van der Waals surface area contributed by atoms with Crippen LogP contribution in [0.3, 0.4) is 0 Å². The average Bonchev–Trinajstić information content (AvgIpc) is 3.12. The molecule has 0 atom stereocenters. The van der Waals surface area contributed by atoms with Gasteiger partial charge in [0.15, 0.2) is 0 Å². The summed E-state index contributed by atoms with van der Waals surface area (Å²) in [6, 6.07) is 10.5. The van der Waals surface area contributed by atoms with Crippen LogP contribution in [-0.4, -0.2) is 45.2 Å². The Labute approximate surface area is 200 Å². The van der Waals surface area contributed by atoms with Crippen LogP contribution in [0.15, 0.2) is 55.0 Å². The molecule has 0 amide bonds. The zero-order valence-electron chi connectivity index (χ0n) is 18.5. The van der Waals surface area contributed by atoms with Crippen LogP contribution in [0.5, 0.6) is 5.75 Å². The standard InChI is InChI=1S/C25H22ClFN4O3/c1-2-33-25(32)24-28-12-16(13-29-24)14-30-7-8-34-23-18(15-30)10-20(11-21(23)26)31-6-5-17-9-19(27)3-4-22(17)31/h3-6,9-13H,2,7-8,14-15H2,1H3. The molecule has 5 rings (SSSR count). The summed E-state index contributed by atoms with van der Waals surface area (Å²) in [5, 5.41) is 1.34. The Hall–Kier alpha value is -3.49. The van der Waals surface area contributed by atoms with E-state index in [1.807, 2.05) is 29.0 Å². The summed E-state index contributed by atoms with van der Waals surface area (Å²) in [6.45, 7) is 4.38. The van der Waals surface area contributed by atoms with Crippen LogP contribution in [0.2, 0.25) is 5.02 Å². The molecule has 2 aromatic carbocycles. The number of ether oxygens (including phenoxy) is 2. The fourth-order valence-electron chi connectivity index (χ4n) is 4.12. The lowest BCUT2D eigenvalue weighted by Gasteiger charge is -2.19. The summed E-state index contributed by atoms with van der Waals surface area (Å²) in [6.07, 6.45) is 5.18. The van der Waals surface area contributed by atoms with Crippen molar-refractivity contribution >= 4 is 28.5 Å². The van der Waals surface area contributed by atoms with Crippen molar-refractivity contribution in [1.29, 1.82) is 0 Å². The van der Waals surface area contributed by atoms with E-state index in [-0.39, 0.29) is 18.2 Å². The van der Waals surface area contributed by atoms with Gasteiger partial charge < -0.3 is 14.0 Å². The number of carbonyl (C=O) groups excluding carboxylic acids is 1. The van der Waals surface area contributed by atoms with Crippen molar-refractivity contribution in [3.05, 3.63) is 82.8 Å². The van der Waals surface area contributed by atoms with Gasteiger partial charge in [0.25, 0.3) is 0 Å². The number of hydrogen-bond donors (Lipinski definition) is 0. The van der Waals surface area contributed by atoms with Gasteiger partial charge in [-0.05, 0) is 43.3 Å². The number of hydrogen-bond acceptors (Lipinski definition) is 6.